The minimum atomic E-state index is -0.227. The lowest BCUT2D eigenvalue weighted by molar-refractivity contribution is -0.119. The van der Waals surface area contributed by atoms with E-state index in [-0.39, 0.29) is 12.5 Å². The Morgan fingerprint density at radius 2 is 1.54 bits per heavy atom. The van der Waals surface area contributed by atoms with Crippen LogP contribution in [0.1, 0.15) is 5.56 Å². The van der Waals surface area contributed by atoms with Crippen LogP contribution in [0.2, 0.25) is 0 Å². The predicted molar refractivity (Wildman–Crippen MR) is 113 cm³/mol. The van der Waals surface area contributed by atoms with Gasteiger partial charge in [0.1, 0.15) is 5.75 Å². The molecule has 0 bridgehead atoms. The highest BCUT2D eigenvalue weighted by Crippen LogP contribution is 2.16. The maximum atomic E-state index is 11.9. The average molecular weight is 374 g/mol. The van der Waals surface area contributed by atoms with E-state index in [0.717, 1.165) is 28.4 Å². The average Bonchev–Trinajstić information content (AvgIpc) is 2.74. The van der Waals surface area contributed by atoms with E-state index in [1.165, 1.54) is 0 Å². The van der Waals surface area contributed by atoms with Crippen LogP contribution in [0.4, 0.5) is 17.1 Å². The summed E-state index contributed by atoms with van der Waals surface area (Å²) in [5.41, 5.74) is 6.24. The highest BCUT2D eigenvalue weighted by Gasteiger charge is 2.00. The number of hydrogen-bond donors (Lipinski definition) is 3. The Balaban J connectivity index is 1.43. The molecular weight excluding hydrogens is 352 g/mol. The number of carbonyl (C=O) groups excluding carboxylic acids is 1. The summed E-state index contributed by atoms with van der Waals surface area (Å²) in [7, 11) is 1.61. The van der Waals surface area contributed by atoms with Crippen LogP contribution < -0.4 is 20.8 Å². The first-order valence-corrected chi connectivity index (χ1v) is 8.85. The van der Waals surface area contributed by atoms with Gasteiger partial charge in [0.05, 0.1) is 19.9 Å². The van der Waals surface area contributed by atoms with E-state index < -0.39 is 0 Å². The van der Waals surface area contributed by atoms with E-state index in [0.29, 0.717) is 0 Å². The summed E-state index contributed by atoms with van der Waals surface area (Å²) in [6.07, 6.45) is 1.61. The second kappa shape index (κ2) is 9.78. The first-order valence-electron chi connectivity index (χ1n) is 8.85. The van der Waals surface area contributed by atoms with Gasteiger partial charge in [-0.15, -0.1) is 0 Å². The Morgan fingerprint density at radius 1 is 0.893 bits per heavy atom. The highest BCUT2D eigenvalue weighted by atomic mass is 16.5. The van der Waals surface area contributed by atoms with Gasteiger partial charge in [-0.05, 0) is 54.1 Å². The zero-order valence-electron chi connectivity index (χ0n) is 15.6. The van der Waals surface area contributed by atoms with Crippen molar-refractivity contribution in [3.8, 4) is 5.75 Å². The van der Waals surface area contributed by atoms with E-state index in [1.807, 2.05) is 78.9 Å². The third-order valence-electron chi connectivity index (χ3n) is 3.92. The first kappa shape index (κ1) is 19.0. The largest absolute Gasteiger partial charge is 0.497 e. The van der Waals surface area contributed by atoms with Gasteiger partial charge in [0.15, 0.2) is 0 Å². The van der Waals surface area contributed by atoms with Crippen molar-refractivity contribution in [3.05, 3.63) is 84.4 Å². The predicted octanol–water partition coefficient (Wildman–Crippen LogP) is 4.00. The SMILES string of the molecule is COc1ccc(NCC(=O)N/N=C\c2ccc(Nc3ccccc3)cc2)cc1. The number of benzene rings is 3. The second-order valence-electron chi connectivity index (χ2n) is 5.99. The summed E-state index contributed by atoms with van der Waals surface area (Å²) in [6.45, 7) is 0.129. The molecule has 3 N–H and O–H groups in total. The molecule has 0 saturated carbocycles. The Morgan fingerprint density at radius 3 is 2.21 bits per heavy atom. The number of carbonyl (C=O) groups is 1. The molecule has 6 heteroatoms. The number of nitrogens with zero attached hydrogens (tertiary/aromatic N) is 1. The van der Waals surface area contributed by atoms with Crippen LogP contribution in [-0.4, -0.2) is 25.8 Å². The van der Waals surface area contributed by atoms with E-state index in [9.17, 15) is 4.79 Å². The van der Waals surface area contributed by atoms with E-state index >= 15 is 0 Å². The van der Waals surface area contributed by atoms with Gasteiger partial charge in [-0.3, -0.25) is 4.79 Å². The molecule has 6 nitrogen and oxygen atoms in total. The minimum Gasteiger partial charge on any atom is -0.497 e. The Kier molecular flexibility index (Phi) is 6.62. The number of anilines is 3. The van der Waals surface area contributed by atoms with Crippen molar-refractivity contribution in [1.82, 2.24) is 5.43 Å². The number of hydrogen-bond acceptors (Lipinski definition) is 5. The van der Waals surface area contributed by atoms with E-state index in [4.69, 9.17) is 4.74 Å². The molecule has 0 unspecified atom stereocenters. The molecule has 1 amide bonds. The molecule has 0 aliphatic carbocycles. The molecule has 3 aromatic rings. The van der Waals surface area contributed by atoms with Crippen LogP contribution in [0, 0.1) is 0 Å². The molecular formula is C22H22N4O2. The van der Waals surface area contributed by atoms with Gasteiger partial charge in [-0.25, -0.2) is 5.43 Å². The summed E-state index contributed by atoms with van der Waals surface area (Å²) in [5, 5.41) is 10.3. The molecule has 0 spiro atoms. The smallest absolute Gasteiger partial charge is 0.259 e. The lowest BCUT2D eigenvalue weighted by Crippen LogP contribution is -2.25. The quantitative estimate of drug-likeness (QED) is 0.411. The molecule has 0 aliphatic rings. The third kappa shape index (κ3) is 5.88. The molecule has 0 atom stereocenters. The Labute approximate surface area is 164 Å². The van der Waals surface area contributed by atoms with Crippen LogP contribution in [0.15, 0.2) is 84.0 Å². The Bertz CT molecular complexity index is 908. The van der Waals surface area contributed by atoms with Crippen LogP contribution in [-0.2, 0) is 4.79 Å². The first-order chi connectivity index (χ1) is 13.7. The number of ether oxygens (including phenoxy) is 1. The molecule has 0 aromatic heterocycles. The van der Waals surface area contributed by atoms with Crippen molar-refractivity contribution >= 4 is 29.2 Å². The monoisotopic (exact) mass is 374 g/mol. The number of methoxy groups -OCH3 is 1. The van der Waals surface area contributed by atoms with Gasteiger partial charge in [0.2, 0.25) is 0 Å². The van der Waals surface area contributed by atoms with Crippen LogP contribution in [0.5, 0.6) is 5.75 Å². The zero-order chi connectivity index (χ0) is 19.6. The number of nitrogens with one attached hydrogen (secondary N) is 3. The van der Waals surface area contributed by atoms with Crippen LogP contribution in [0.25, 0.3) is 0 Å². The molecule has 0 fully saturated rings. The number of hydrazone groups is 1. The molecule has 142 valence electrons. The zero-order valence-corrected chi connectivity index (χ0v) is 15.6. The minimum absolute atomic E-state index is 0.129. The summed E-state index contributed by atoms with van der Waals surface area (Å²) >= 11 is 0. The molecule has 0 heterocycles. The molecule has 0 saturated heterocycles. The Hall–Kier alpha value is -3.80. The van der Waals surface area contributed by atoms with Crippen molar-refractivity contribution in [2.45, 2.75) is 0 Å². The molecule has 0 aliphatic heterocycles. The number of para-hydroxylation sites is 1. The normalized spacial score (nSPS) is 10.5. The topological polar surface area (TPSA) is 74.8 Å². The van der Waals surface area contributed by atoms with Crippen molar-refractivity contribution in [2.24, 2.45) is 5.10 Å². The van der Waals surface area contributed by atoms with Gasteiger partial charge in [0.25, 0.3) is 5.91 Å². The van der Waals surface area contributed by atoms with Gasteiger partial charge in [-0.2, -0.15) is 5.10 Å². The summed E-state index contributed by atoms with van der Waals surface area (Å²) in [5.74, 6) is 0.541. The van der Waals surface area contributed by atoms with Gasteiger partial charge < -0.3 is 15.4 Å². The third-order valence-corrected chi connectivity index (χ3v) is 3.92. The van der Waals surface area contributed by atoms with Gasteiger partial charge in [-0.1, -0.05) is 30.3 Å². The summed E-state index contributed by atoms with van der Waals surface area (Å²) in [6, 6.07) is 25.1. The van der Waals surface area contributed by atoms with Crippen molar-refractivity contribution < 1.29 is 9.53 Å². The lowest BCUT2D eigenvalue weighted by Gasteiger charge is -2.07. The van der Waals surface area contributed by atoms with Crippen molar-refractivity contribution in [3.63, 3.8) is 0 Å². The van der Waals surface area contributed by atoms with Gasteiger partial charge in [0, 0.05) is 17.1 Å². The number of rotatable bonds is 8. The number of amides is 1. The van der Waals surface area contributed by atoms with E-state index in [2.05, 4.69) is 21.2 Å². The van der Waals surface area contributed by atoms with Gasteiger partial charge >= 0.3 is 0 Å². The molecule has 0 radical (unpaired) electrons. The second-order valence-corrected chi connectivity index (χ2v) is 5.99. The fourth-order valence-electron chi connectivity index (χ4n) is 2.45. The highest BCUT2D eigenvalue weighted by molar-refractivity contribution is 5.84. The molecule has 3 aromatic carbocycles. The summed E-state index contributed by atoms with van der Waals surface area (Å²) < 4.78 is 5.10. The van der Waals surface area contributed by atoms with Crippen molar-refractivity contribution in [2.75, 3.05) is 24.3 Å². The van der Waals surface area contributed by atoms with Crippen LogP contribution in [0.3, 0.4) is 0 Å². The fourth-order valence-corrected chi connectivity index (χ4v) is 2.45. The molecule has 3 rings (SSSR count). The summed E-state index contributed by atoms with van der Waals surface area (Å²) in [4.78, 5) is 11.9. The van der Waals surface area contributed by atoms with Crippen molar-refractivity contribution in [1.29, 1.82) is 0 Å². The standard InChI is InChI=1S/C22H22N4O2/c1-28-21-13-11-18(12-14-21)23-16-22(27)26-24-15-17-7-9-20(10-8-17)25-19-5-3-2-4-6-19/h2-15,23,25H,16H2,1H3,(H,26,27)/b24-15-. The van der Waals surface area contributed by atoms with Crippen LogP contribution >= 0.6 is 0 Å². The fraction of sp³-hybridized carbons (Fsp3) is 0.0909. The molecule has 28 heavy (non-hydrogen) atoms. The maximum Gasteiger partial charge on any atom is 0.259 e. The maximum absolute atomic E-state index is 11.9. The van der Waals surface area contributed by atoms with E-state index in [1.54, 1.807) is 13.3 Å². The lowest BCUT2D eigenvalue weighted by atomic mass is 10.2.